The molecule has 0 radical (unpaired) electrons. The number of benzene rings is 3. The van der Waals surface area contributed by atoms with Crippen molar-refractivity contribution in [3.8, 4) is 40.3 Å². The Morgan fingerprint density at radius 3 is 2.29 bits per heavy atom. The summed E-state index contributed by atoms with van der Waals surface area (Å²) < 4.78 is 5.94. The largest absolute Gasteiger partial charge is 0.489 e. The van der Waals surface area contributed by atoms with Gasteiger partial charge in [-0.3, -0.25) is 0 Å². The lowest BCUT2D eigenvalue weighted by atomic mass is 9.98. The number of nitrogens with zero attached hydrogens (tertiary/aromatic N) is 3. The molecule has 0 saturated heterocycles. The lowest BCUT2D eigenvalue weighted by molar-refractivity contribution is 0.306. The SMILES string of the molecule is N#Cc1ccc(-c2cc(-c3cccc(OCc4ccccc4)c3)c(C#N)c(N)n2)cc1. The van der Waals surface area contributed by atoms with Crippen LogP contribution in [0.25, 0.3) is 22.4 Å². The van der Waals surface area contributed by atoms with Gasteiger partial charge >= 0.3 is 0 Å². The number of nitriles is 2. The zero-order valence-corrected chi connectivity index (χ0v) is 16.6. The van der Waals surface area contributed by atoms with Gasteiger partial charge in [0.25, 0.3) is 0 Å². The van der Waals surface area contributed by atoms with Crippen LogP contribution in [0.1, 0.15) is 16.7 Å². The van der Waals surface area contributed by atoms with Crippen LogP contribution < -0.4 is 10.5 Å². The van der Waals surface area contributed by atoms with Crippen LogP contribution in [0.3, 0.4) is 0 Å². The summed E-state index contributed by atoms with van der Waals surface area (Å²) in [5, 5.41) is 18.7. The van der Waals surface area contributed by atoms with E-state index in [9.17, 15) is 5.26 Å². The first kappa shape index (κ1) is 19.7. The van der Waals surface area contributed by atoms with Gasteiger partial charge in [-0.1, -0.05) is 54.6 Å². The van der Waals surface area contributed by atoms with Crippen LogP contribution in [0.15, 0.2) is 84.9 Å². The third-order valence-corrected chi connectivity index (χ3v) is 4.86. The van der Waals surface area contributed by atoms with Crippen LogP contribution in [-0.4, -0.2) is 4.98 Å². The quantitative estimate of drug-likeness (QED) is 0.487. The molecule has 0 saturated carbocycles. The van der Waals surface area contributed by atoms with Crippen LogP contribution >= 0.6 is 0 Å². The zero-order chi connectivity index (χ0) is 21.6. The molecule has 148 valence electrons. The number of nitrogens with two attached hydrogens (primary N) is 1. The van der Waals surface area contributed by atoms with E-state index in [4.69, 9.17) is 15.7 Å². The van der Waals surface area contributed by atoms with Crippen molar-refractivity contribution in [1.29, 1.82) is 10.5 Å². The molecule has 0 aliphatic heterocycles. The van der Waals surface area contributed by atoms with Gasteiger partial charge in [0.2, 0.25) is 0 Å². The summed E-state index contributed by atoms with van der Waals surface area (Å²) in [5.41, 5.74) is 11.0. The minimum atomic E-state index is 0.162. The van der Waals surface area contributed by atoms with E-state index in [1.165, 1.54) is 0 Å². The van der Waals surface area contributed by atoms with E-state index in [1.807, 2.05) is 72.8 Å². The van der Waals surface area contributed by atoms with Crippen molar-refractivity contribution in [3.05, 3.63) is 102 Å². The van der Waals surface area contributed by atoms with E-state index < -0.39 is 0 Å². The fourth-order valence-electron chi connectivity index (χ4n) is 3.27. The summed E-state index contributed by atoms with van der Waals surface area (Å²) in [5.74, 6) is 0.857. The monoisotopic (exact) mass is 402 g/mol. The molecule has 31 heavy (non-hydrogen) atoms. The first-order valence-corrected chi connectivity index (χ1v) is 9.66. The number of pyridine rings is 1. The average Bonchev–Trinajstić information content (AvgIpc) is 2.83. The minimum absolute atomic E-state index is 0.162. The number of nitrogen functional groups attached to an aromatic ring is 1. The zero-order valence-electron chi connectivity index (χ0n) is 16.6. The standard InChI is InChI=1S/C26H18N4O/c27-15-18-9-11-20(12-10-18)25-14-23(24(16-28)26(29)30-25)21-7-4-8-22(13-21)31-17-19-5-2-1-3-6-19/h1-14H,17H2,(H2,29,30). The van der Waals surface area contributed by atoms with Gasteiger partial charge in [-0.05, 0) is 41.5 Å². The number of aromatic nitrogens is 1. The van der Waals surface area contributed by atoms with E-state index in [-0.39, 0.29) is 5.82 Å². The van der Waals surface area contributed by atoms with Crippen LogP contribution in [0, 0.1) is 22.7 Å². The molecule has 0 bridgehead atoms. The number of ether oxygens (including phenoxy) is 1. The Hall–Kier alpha value is -4.61. The second-order valence-electron chi connectivity index (χ2n) is 6.92. The highest BCUT2D eigenvalue weighted by atomic mass is 16.5. The Bertz CT molecular complexity index is 1300. The lowest BCUT2D eigenvalue weighted by Crippen LogP contribution is -2.00. The second kappa shape index (κ2) is 8.82. The fourth-order valence-corrected chi connectivity index (χ4v) is 3.27. The summed E-state index contributed by atoms with van der Waals surface area (Å²) in [6.07, 6.45) is 0. The Labute approximate surface area is 180 Å². The number of hydrogen-bond donors (Lipinski definition) is 1. The van der Waals surface area contributed by atoms with Crippen LogP contribution in [0.5, 0.6) is 5.75 Å². The lowest BCUT2D eigenvalue weighted by Gasteiger charge is -2.12. The van der Waals surface area contributed by atoms with Crippen molar-refractivity contribution in [3.63, 3.8) is 0 Å². The van der Waals surface area contributed by atoms with Crippen molar-refractivity contribution < 1.29 is 4.74 Å². The molecular weight excluding hydrogens is 384 g/mol. The van der Waals surface area contributed by atoms with Gasteiger partial charge in [-0.15, -0.1) is 0 Å². The topological polar surface area (TPSA) is 95.7 Å². The van der Waals surface area contributed by atoms with Crippen molar-refractivity contribution >= 4 is 5.82 Å². The Morgan fingerprint density at radius 2 is 1.58 bits per heavy atom. The van der Waals surface area contributed by atoms with Gasteiger partial charge in [0.1, 0.15) is 29.8 Å². The van der Waals surface area contributed by atoms with E-state index in [2.05, 4.69) is 17.1 Å². The maximum Gasteiger partial charge on any atom is 0.142 e. The predicted molar refractivity (Wildman–Crippen MR) is 120 cm³/mol. The molecule has 4 rings (SSSR count). The highest BCUT2D eigenvalue weighted by Gasteiger charge is 2.14. The van der Waals surface area contributed by atoms with E-state index >= 15 is 0 Å². The molecule has 0 aliphatic carbocycles. The molecule has 0 unspecified atom stereocenters. The Balaban J connectivity index is 1.70. The summed E-state index contributed by atoms with van der Waals surface area (Å²) in [4.78, 5) is 4.40. The number of anilines is 1. The molecule has 0 fully saturated rings. The summed E-state index contributed by atoms with van der Waals surface area (Å²) in [7, 11) is 0. The average molecular weight is 402 g/mol. The number of hydrogen-bond acceptors (Lipinski definition) is 5. The van der Waals surface area contributed by atoms with Gasteiger partial charge in [0.05, 0.1) is 17.3 Å². The molecule has 1 aromatic heterocycles. The Kier molecular flexibility index (Phi) is 5.60. The van der Waals surface area contributed by atoms with Crippen LogP contribution in [0.4, 0.5) is 5.82 Å². The second-order valence-corrected chi connectivity index (χ2v) is 6.92. The summed E-state index contributed by atoms with van der Waals surface area (Å²) in [6, 6.07) is 30.7. The maximum atomic E-state index is 9.67. The van der Waals surface area contributed by atoms with Crippen molar-refractivity contribution in [2.75, 3.05) is 5.73 Å². The summed E-state index contributed by atoms with van der Waals surface area (Å²) in [6.45, 7) is 0.449. The van der Waals surface area contributed by atoms with Crippen molar-refractivity contribution in [2.45, 2.75) is 6.61 Å². The van der Waals surface area contributed by atoms with Gasteiger partial charge in [-0.2, -0.15) is 10.5 Å². The molecular formula is C26H18N4O. The van der Waals surface area contributed by atoms with Gasteiger partial charge in [-0.25, -0.2) is 4.98 Å². The third kappa shape index (κ3) is 4.37. The molecule has 5 nitrogen and oxygen atoms in total. The smallest absolute Gasteiger partial charge is 0.142 e. The van der Waals surface area contributed by atoms with E-state index in [0.29, 0.717) is 34.7 Å². The molecule has 1 heterocycles. The van der Waals surface area contributed by atoms with Crippen LogP contribution in [-0.2, 0) is 6.61 Å². The minimum Gasteiger partial charge on any atom is -0.489 e. The van der Waals surface area contributed by atoms with Crippen molar-refractivity contribution in [1.82, 2.24) is 4.98 Å². The van der Waals surface area contributed by atoms with Crippen molar-refractivity contribution in [2.24, 2.45) is 0 Å². The van der Waals surface area contributed by atoms with Crippen LogP contribution in [0.2, 0.25) is 0 Å². The molecule has 0 amide bonds. The highest BCUT2D eigenvalue weighted by Crippen LogP contribution is 2.33. The van der Waals surface area contributed by atoms with Gasteiger partial charge in [0, 0.05) is 11.1 Å². The summed E-state index contributed by atoms with van der Waals surface area (Å²) >= 11 is 0. The normalized spacial score (nSPS) is 10.1. The predicted octanol–water partition coefficient (Wildman–Crippen LogP) is 5.32. The Morgan fingerprint density at radius 1 is 0.806 bits per heavy atom. The first-order chi connectivity index (χ1) is 15.2. The third-order valence-electron chi connectivity index (χ3n) is 4.86. The highest BCUT2D eigenvalue weighted by molar-refractivity contribution is 5.80. The molecule has 4 aromatic rings. The first-order valence-electron chi connectivity index (χ1n) is 9.66. The molecule has 0 spiro atoms. The molecule has 5 heteroatoms. The number of rotatable bonds is 5. The molecule has 3 aromatic carbocycles. The fraction of sp³-hybridized carbons (Fsp3) is 0.0385. The van der Waals surface area contributed by atoms with E-state index in [0.717, 1.165) is 16.7 Å². The van der Waals surface area contributed by atoms with E-state index in [1.54, 1.807) is 12.1 Å². The molecule has 0 aliphatic rings. The molecule has 2 N–H and O–H groups in total. The van der Waals surface area contributed by atoms with Gasteiger partial charge in [0.15, 0.2) is 0 Å². The van der Waals surface area contributed by atoms with Gasteiger partial charge < -0.3 is 10.5 Å². The maximum absolute atomic E-state index is 9.67. The molecule has 0 atom stereocenters.